The SMILES string of the molecule is Cc1ccc(S(=O)(=O)Nc2cc(C(=O)Nc3ccc(S(=O)(=O)Nc4ccc(C)c(Cl)c4)cc3)ccc2C)cc1. The van der Waals surface area contributed by atoms with E-state index in [1.807, 2.05) is 13.8 Å². The van der Waals surface area contributed by atoms with Gasteiger partial charge in [-0.15, -0.1) is 0 Å². The van der Waals surface area contributed by atoms with Crippen LogP contribution in [0.5, 0.6) is 0 Å². The fourth-order valence-electron chi connectivity index (χ4n) is 3.59. The van der Waals surface area contributed by atoms with Gasteiger partial charge in [-0.2, -0.15) is 0 Å². The predicted octanol–water partition coefficient (Wildman–Crippen LogP) is 6.12. The molecule has 0 unspecified atom stereocenters. The van der Waals surface area contributed by atoms with Crippen molar-refractivity contribution in [3.63, 3.8) is 0 Å². The molecule has 39 heavy (non-hydrogen) atoms. The summed E-state index contributed by atoms with van der Waals surface area (Å²) in [4.78, 5) is 13.0. The maximum atomic E-state index is 12.9. The van der Waals surface area contributed by atoms with Crippen LogP contribution in [0.4, 0.5) is 17.1 Å². The number of halogens is 1. The van der Waals surface area contributed by atoms with Crippen LogP contribution in [0.15, 0.2) is 94.7 Å². The summed E-state index contributed by atoms with van der Waals surface area (Å²) < 4.78 is 56.2. The zero-order chi connectivity index (χ0) is 28.4. The van der Waals surface area contributed by atoms with Gasteiger partial charge in [-0.1, -0.05) is 41.4 Å². The van der Waals surface area contributed by atoms with Crippen molar-refractivity contribution in [3.8, 4) is 0 Å². The number of anilines is 3. The maximum absolute atomic E-state index is 12.9. The van der Waals surface area contributed by atoms with Gasteiger partial charge in [-0.25, -0.2) is 16.8 Å². The van der Waals surface area contributed by atoms with Gasteiger partial charge in [-0.05, 0) is 92.6 Å². The Labute approximate surface area is 233 Å². The van der Waals surface area contributed by atoms with Crippen molar-refractivity contribution in [2.75, 3.05) is 14.8 Å². The molecule has 0 radical (unpaired) electrons. The van der Waals surface area contributed by atoms with Crippen molar-refractivity contribution in [1.29, 1.82) is 0 Å². The zero-order valence-electron chi connectivity index (χ0n) is 21.3. The highest BCUT2D eigenvalue weighted by Gasteiger charge is 2.18. The molecule has 0 aromatic heterocycles. The van der Waals surface area contributed by atoms with Gasteiger partial charge in [0.15, 0.2) is 0 Å². The number of hydrogen-bond acceptors (Lipinski definition) is 5. The van der Waals surface area contributed by atoms with Crippen molar-refractivity contribution < 1.29 is 21.6 Å². The molecule has 3 N–H and O–H groups in total. The summed E-state index contributed by atoms with van der Waals surface area (Å²) in [6.45, 7) is 5.41. The number of sulfonamides is 2. The van der Waals surface area contributed by atoms with Crippen LogP contribution in [0.1, 0.15) is 27.0 Å². The Kier molecular flexibility index (Phi) is 8.01. The molecule has 0 aliphatic heterocycles. The summed E-state index contributed by atoms with van der Waals surface area (Å²) in [6.07, 6.45) is 0. The van der Waals surface area contributed by atoms with Crippen LogP contribution in [0.3, 0.4) is 0 Å². The van der Waals surface area contributed by atoms with E-state index in [9.17, 15) is 21.6 Å². The van der Waals surface area contributed by atoms with Crippen LogP contribution < -0.4 is 14.8 Å². The normalized spacial score (nSPS) is 11.6. The average Bonchev–Trinajstić information content (AvgIpc) is 2.88. The highest BCUT2D eigenvalue weighted by Crippen LogP contribution is 2.25. The lowest BCUT2D eigenvalue weighted by molar-refractivity contribution is 0.102. The Bertz CT molecular complexity index is 1750. The van der Waals surface area contributed by atoms with Crippen LogP contribution in [0.2, 0.25) is 5.02 Å². The number of carbonyl (C=O) groups is 1. The van der Waals surface area contributed by atoms with Gasteiger partial charge in [0.2, 0.25) is 0 Å². The van der Waals surface area contributed by atoms with Crippen molar-refractivity contribution in [2.24, 2.45) is 0 Å². The first-order chi connectivity index (χ1) is 18.3. The molecule has 8 nitrogen and oxygen atoms in total. The first-order valence-electron chi connectivity index (χ1n) is 11.7. The number of hydrogen-bond donors (Lipinski definition) is 3. The Morgan fingerprint density at radius 2 is 1.18 bits per heavy atom. The molecule has 1 amide bonds. The van der Waals surface area contributed by atoms with Crippen molar-refractivity contribution in [2.45, 2.75) is 30.6 Å². The molecule has 202 valence electrons. The van der Waals surface area contributed by atoms with E-state index in [-0.39, 0.29) is 21.0 Å². The number of rotatable bonds is 8. The topological polar surface area (TPSA) is 121 Å². The van der Waals surface area contributed by atoms with E-state index in [2.05, 4.69) is 14.8 Å². The molecule has 4 aromatic rings. The van der Waals surface area contributed by atoms with Crippen molar-refractivity contribution in [1.82, 2.24) is 0 Å². The van der Waals surface area contributed by atoms with E-state index < -0.39 is 26.0 Å². The van der Waals surface area contributed by atoms with E-state index in [4.69, 9.17) is 11.6 Å². The Morgan fingerprint density at radius 3 is 1.79 bits per heavy atom. The van der Waals surface area contributed by atoms with Gasteiger partial charge in [-0.3, -0.25) is 14.2 Å². The van der Waals surface area contributed by atoms with Crippen molar-refractivity contribution >= 4 is 54.6 Å². The highest BCUT2D eigenvalue weighted by molar-refractivity contribution is 7.93. The summed E-state index contributed by atoms with van der Waals surface area (Å²) in [5.41, 5.74) is 3.57. The smallest absolute Gasteiger partial charge is 0.261 e. The third-order valence-corrected chi connectivity index (χ3v) is 9.11. The second-order valence-electron chi connectivity index (χ2n) is 9.00. The third-order valence-electron chi connectivity index (χ3n) is 5.92. The predicted molar refractivity (Wildman–Crippen MR) is 155 cm³/mol. The lowest BCUT2D eigenvalue weighted by Crippen LogP contribution is -2.16. The van der Waals surface area contributed by atoms with Gasteiger partial charge in [0.25, 0.3) is 26.0 Å². The summed E-state index contributed by atoms with van der Waals surface area (Å²) in [5.74, 6) is -0.492. The molecular formula is C28H26ClN3O5S2. The number of aryl methyl sites for hydroxylation is 3. The Balaban J connectivity index is 1.47. The summed E-state index contributed by atoms with van der Waals surface area (Å²) in [6, 6.07) is 21.6. The maximum Gasteiger partial charge on any atom is 0.261 e. The molecule has 0 fully saturated rings. The van der Waals surface area contributed by atoms with Crippen LogP contribution in [-0.2, 0) is 20.0 Å². The summed E-state index contributed by atoms with van der Waals surface area (Å²) in [5, 5.41) is 3.14. The first kappa shape index (κ1) is 28.2. The fraction of sp³-hybridized carbons (Fsp3) is 0.107. The molecule has 0 aliphatic carbocycles. The lowest BCUT2D eigenvalue weighted by atomic mass is 10.1. The summed E-state index contributed by atoms with van der Waals surface area (Å²) in [7, 11) is -7.73. The fourth-order valence-corrected chi connectivity index (χ4v) is 5.94. The molecule has 0 aliphatic rings. The van der Waals surface area contributed by atoms with Gasteiger partial charge >= 0.3 is 0 Å². The molecule has 0 saturated heterocycles. The van der Waals surface area contributed by atoms with E-state index in [0.717, 1.165) is 11.1 Å². The molecule has 4 rings (SSSR count). The third kappa shape index (κ3) is 6.78. The Hall–Kier alpha value is -3.86. The number of carbonyl (C=O) groups excluding carboxylic acids is 1. The summed E-state index contributed by atoms with van der Waals surface area (Å²) >= 11 is 6.08. The molecule has 0 atom stereocenters. The zero-order valence-corrected chi connectivity index (χ0v) is 23.7. The quantitative estimate of drug-likeness (QED) is 0.231. The van der Waals surface area contributed by atoms with Gasteiger partial charge < -0.3 is 5.32 Å². The lowest BCUT2D eigenvalue weighted by Gasteiger charge is -2.13. The standard InChI is InChI=1S/C28H26ClN3O5S2/c1-18-4-12-24(13-5-18)39(36,37)32-27-16-21(8-6-20(27)3)28(33)30-22-10-14-25(15-11-22)38(34,35)31-23-9-7-19(2)26(29)17-23/h4-17,31-32H,1-3H3,(H,30,33). The highest BCUT2D eigenvalue weighted by atomic mass is 35.5. The molecule has 0 spiro atoms. The second-order valence-corrected chi connectivity index (χ2v) is 12.8. The van der Waals surface area contributed by atoms with E-state index in [1.165, 1.54) is 48.5 Å². The van der Waals surface area contributed by atoms with E-state index >= 15 is 0 Å². The van der Waals surface area contributed by atoms with Gasteiger partial charge in [0.1, 0.15) is 0 Å². The van der Waals surface area contributed by atoms with E-state index in [1.54, 1.807) is 43.3 Å². The second kappa shape index (κ2) is 11.1. The number of benzene rings is 4. The largest absolute Gasteiger partial charge is 0.322 e. The molecule has 0 heterocycles. The molecule has 4 aromatic carbocycles. The minimum atomic E-state index is -3.88. The van der Waals surface area contributed by atoms with Gasteiger partial charge in [0.05, 0.1) is 21.2 Å². The minimum absolute atomic E-state index is 0.000306. The van der Waals surface area contributed by atoms with Crippen LogP contribution >= 0.6 is 11.6 Å². The number of amides is 1. The molecule has 0 saturated carbocycles. The van der Waals surface area contributed by atoms with Crippen molar-refractivity contribution in [3.05, 3.63) is 112 Å². The first-order valence-corrected chi connectivity index (χ1v) is 15.1. The molecule has 11 heteroatoms. The number of nitrogens with one attached hydrogen (secondary N) is 3. The van der Waals surface area contributed by atoms with Crippen LogP contribution in [0, 0.1) is 20.8 Å². The minimum Gasteiger partial charge on any atom is -0.322 e. The van der Waals surface area contributed by atoms with Gasteiger partial charge in [0, 0.05) is 16.3 Å². The van der Waals surface area contributed by atoms with Crippen LogP contribution in [-0.4, -0.2) is 22.7 Å². The molecule has 0 bridgehead atoms. The van der Waals surface area contributed by atoms with E-state index in [0.29, 0.717) is 22.0 Å². The Morgan fingerprint density at radius 1 is 0.641 bits per heavy atom. The molecular weight excluding hydrogens is 558 g/mol. The average molecular weight is 584 g/mol. The monoisotopic (exact) mass is 583 g/mol. The van der Waals surface area contributed by atoms with Crippen LogP contribution in [0.25, 0.3) is 0 Å².